The van der Waals surface area contributed by atoms with Crippen LogP contribution in [0.15, 0.2) is 24.3 Å². The number of hydrogen-bond acceptors (Lipinski definition) is 5. The van der Waals surface area contributed by atoms with Gasteiger partial charge in [-0.05, 0) is 57.8 Å². The second-order valence-corrected chi connectivity index (χ2v) is 27.4. The highest BCUT2D eigenvalue weighted by atomic mass is 16.5. The number of rotatable bonds is 75. The average Bonchev–Trinajstić information content (AvgIpc) is 3.58. The summed E-state index contributed by atoms with van der Waals surface area (Å²) >= 11 is 0. The quantitative estimate of drug-likeness (QED) is 0.0320. The van der Waals surface area contributed by atoms with E-state index in [1.807, 2.05) is 6.08 Å². The third-order valence-electron chi connectivity index (χ3n) is 18.7. The summed E-state index contributed by atoms with van der Waals surface area (Å²) in [6.45, 7) is 4.96. The molecule has 0 aliphatic rings. The Labute approximate surface area is 539 Å². The molecule has 0 rings (SSSR count). The van der Waals surface area contributed by atoms with Crippen molar-refractivity contribution in [3.05, 3.63) is 24.3 Å². The van der Waals surface area contributed by atoms with E-state index in [4.69, 9.17) is 4.74 Å². The summed E-state index contributed by atoms with van der Waals surface area (Å²) in [5.41, 5.74) is 0. The molecule has 0 aromatic heterocycles. The van der Waals surface area contributed by atoms with Gasteiger partial charge in [0.15, 0.2) is 0 Å². The van der Waals surface area contributed by atoms with Crippen molar-refractivity contribution in [3.63, 3.8) is 0 Å². The van der Waals surface area contributed by atoms with Crippen molar-refractivity contribution < 1.29 is 24.5 Å². The van der Waals surface area contributed by atoms with Crippen molar-refractivity contribution >= 4 is 11.9 Å². The van der Waals surface area contributed by atoms with E-state index in [9.17, 15) is 19.8 Å². The molecule has 0 aromatic carbocycles. The monoisotopic (exact) mass is 1210 g/mol. The molecule has 3 N–H and O–H groups in total. The van der Waals surface area contributed by atoms with Crippen molar-refractivity contribution in [3.8, 4) is 0 Å². The smallest absolute Gasteiger partial charge is 0.305 e. The zero-order valence-corrected chi connectivity index (χ0v) is 58.6. The number of carbonyl (C=O) groups is 2. The molecule has 2 unspecified atom stereocenters. The minimum absolute atomic E-state index is 0.0244. The molecule has 0 aromatic rings. The third-order valence-corrected chi connectivity index (χ3v) is 18.7. The van der Waals surface area contributed by atoms with E-state index in [1.54, 1.807) is 6.08 Å². The molecule has 0 saturated heterocycles. The number of hydrogen-bond donors (Lipinski definition) is 3. The number of allylic oxidation sites excluding steroid dienone is 3. The molecule has 0 spiro atoms. The highest BCUT2D eigenvalue weighted by Crippen LogP contribution is 2.20. The van der Waals surface area contributed by atoms with E-state index in [0.717, 1.165) is 38.5 Å². The van der Waals surface area contributed by atoms with Crippen LogP contribution < -0.4 is 5.32 Å². The Kier molecular flexibility index (Phi) is 74.3. The molecule has 0 bridgehead atoms. The standard InChI is InChI=1S/C80H155NO5/c1-3-5-7-9-11-13-15-17-19-20-42-45-48-52-56-60-64-68-72-78(83)77(76-82)81-79(84)73-69-65-61-57-53-49-46-43-40-38-36-34-32-30-28-26-24-22-21-23-25-27-29-31-33-35-37-39-41-44-47-51-55-59-63-67-71-75-86-80(85)74-70-66-62-58-54-50-18-16-14-12-10-8-6-4-2/h21,23,68,72,77-78,82-83H,3-20,22,24-67,69-71,73-76H2,1-2H3,(H,81,84)/b23-21-,72-68+. The number of ether oxygens (including phenoxy) is 1. The van der Waals surface area contributed by atoms with Gasteiger partial charge in [-0.15, -0.1) is 0 Å². The maximum atomic E-state index is 12.5. The van der Waals surface area contributed by atoms with E-state index >= 15 is 0 Å². The first-order chi connectivity index (χ1) is 42.5. The normalized spacial score (nSPS) is 12.6. The van der Waals surface area contributed by atoms with Crippen LogP contribution in [-0.4, -0.2) is 47.4 Å². The molecule has 6 nitrogen and oxygen atoms in total. The van der Waals surface area contributed by atoms with Gasteiger partial charge in [0.25, 0.3) is 0 Å². The Morgan fingerprint density at radius 1 is 0.314 bits per heavy atom. The Morgan fingerprint density at radius 3 is 0.826 bits per heavy atom. The van der Waals surface area contributed by atoms with Crippen molar-refractivity contribution in [1.82, 2.24) is 5.32 Å². The van der Waals surface area contributed by atoms with Crippen LogP contribution in [0.1, 0.15) is 450 Å². The van der Waals surface area contributed by atoms with E-state index in [1.165, 1.54) is 385 Å². The molecule has 0 fully saturated rings. The van der Waals surface area contributed by atoms with Crippen LogP contribution in [0, 0.1) is 0 Å². The fourth-order valence-corrected chi connectivity index (χ4v) is 12.7. The fraction of sp³-hybridized carbons (Fsp3) is 0.925. The zero-order valence-electron chi connectivity index (χ0n) is 58.6. The van der Waals surface area contributed by atoms with E-state index < -0.39 is 12.1 Å². The predicted molar refractivity (Wildman–Crippen MR) is 380 cm³/mol. The lowest BCUT2D eigenvalue weighted by Crippen LogP contribution is -2.45. The van der Waals surface area contributed by atoms with E-state index in [0.29, 0.717) is 19.4 Å². The van der Waals surface area contributed by atoms with Crippen LogP contribution in [0.4, 0.5) is 0 Å². The first kappa shape index (κ1) is 84.3. The third kappa shape index (κ3) is 71.4. The number of unbranched alkanes of at least 4 members (excludes halogenated alkanes) is 62. The summed E-state index contributed by atoms with van der Waals surface area (Å²) in [5, 5.41) is 23.2. The molecule has 0 aliphatic carbocycles. The van der Waals surface area contributed by atoms with Crippen LogP contribution in [0.3, 0.4) is 0 Å². The maximum absolute atomic E-state index is 12.5. The van der Waals surface area contributed by atoms with Gasteiger partial charge in [0.05, 0.1) is 25.4 Å². The zero-order chi connectivity index (χ0) is 62.0. The summed E-state index contributed by atoms with van der Waals surface area (Å²) in [5.74, 6) is -0.0355. The average molecular weight is 1210 g/mol. The number of nitrogens with one attached hydrogen (secondary N) is 1. The molecule has 0 heterocycles. The van der Waals surface area contributed by atoms with Crippen molar-refractivity contribution in [2.45, 2.75) is 463 Å². The molecule has 2 atom stereocenters. The first-order valence-electron chi connectivity index (χ1n) is 39.6. The van der Waals surface area contributed by atoms with Crippen LogP contribution in [0.2, 0.25) is 0 Å². The molecule has 510 valence electrons. The second-order valence-electron chi connectivity index (χ2n) is 27.4. The Bertz CT molecular complexity index is 1350. The molecule has 0 saturated carbocycles. The molecule has 0 aliphatic heterocycles. The lowest BCUT2D eigenvalue weighted by atomic mass is 10.0. The topological polar surface area (TPSA) is 95.9 Å². The van der Waals surface area contributed by atoms with Gasteiger partial charge < -0.3 is 20.3 Å². The fourth-order valence-electron chi connectivity index (χ4n) is 12.7. The first-order valence-corrected chi connectivity index (χ1v) is 39.6. The van der Waals surface area contributed by atoms with Gasteiger partial charge >= 0.3 is 5.97 Å². The van der Waals surface area contributed by atoms with Crippen molar-refractivity contribution in [2.75, 3.05) is 13.2 Å². The minimum Gasteiger partial charge on any atom is -0.466 e. The molecule has 1 amide bonds. The van der Waals surface area contributed by atoms with E-state index in [-0.39, 0.29) is 18.5 Å². The van der Waals surface area contributed by atoms with E-state index in [2.05, 4.69) is 31.3 Å². The predicted octanol–water partition coefficient (Wildman–Crippen LogP) is 26.0. The van der Waals surface area contributed by atoms with Crippen LogP contribution in [0.5, 0.6) is 0 Å². The number of amides is 1. The molecule has 86 heavy (non-hydrogen) atoms. The van der Waals surface area contributed by atoms with Crippen molar-refractivity contribution in [1.29, 1.82) is 0 Å². The summed E-state index contributed by atoms with van der Waals surface area (Å²) in [4.78, 5) is 24.6. The van der Waals surface area contributed by atoms with Crippen molar-refractivity contribution in [2.24, 2.45) is 0 Å². The Morgan fingerprint density at radius 2 is 0.547 bits per heavy atom. The lowest BCUT2D eigenvalue weighted by molar-refractivity contribution is -0.143. The Balaban J connectivity index is 3.34. The van der Waals surface area contributed by atoms with Gasteiger partial charge in [-0.1, -0.05) is 404 Å². The molecular formula is C80H155NO5. The van der Waals surface area contributed by atoms with Crippen LogP contribution >= 0.6 is 0 Å². The summed E-state index contributed by atoms with van der Waals surface area (Å²) in [6, 6.07) is -0.625. The lowest BCUT2D eigenvalue weighted by Gasteiger charge is -2.20. The highest BCUT2D eigenvalue weighted by molar-refractivity contribution is 5.76. The molecule has 0 radical (unpaired) electrons. The van der Waals surface area contributed by atoms with Crippen LogP contribution in [0.25, 0.3) is 0 Å². The number of esters is 1. The van der Waals surface area contributed by atoms with Gasteiger partial charge in [0.1, 0.15) is 0 Å². The highest BCUT2D eigenvalue weighted by Gasteiger charge is 2.18. The second kappa shape index (κ2) is 75.8. The van der Waals surface area contributed by atoms with Gasteiger partial charge in [0.2, 0.25) is 5.91 Å². The summed E-state index contributed by atoms with van der Waals surface area (Å²) in [7, 11) is 0. The summed E-state index contributed by atoms with van der Waals surface area (Å²) in [6.07, 6.45) is 97.4. The SMILES string of the molecule is CCCCCCCCCCCCCCCCCC/C=C/C(O)C(CO)NC(=O)CCCCCCCCCCCCCCCCCCC/C=C\CCCCCCCCCCCCCCCCCCOC(=O)CCCCCCCCCCCCCCCC. The maximum Gasteiger partial charge on any atom is 0.305 e. The molecule has 6 heteroatoms. The number of aliphatic hydroxyl groups is 2. The molecular weight excluding hydrogens is 1050 g/mol. The number of carbonyl (C=O) groups excluding carboxylic acids is 2. The minimum atomic E-state index is -0.842. The largest absolute Gasteiger partial charge is 0.466 e. The van der Waals surface area contributed by atoms with Gasteiger partial charge in [-0.25, -0.2) is 0 Å². The number of aliphatic hydroxyl groups excluding tert-OH is 2. The van der Waals surface area contributed by atoms with Gasteiger partial charge in [0, 0.05) is 12.8 Å². The van der Waals surface area contributed by atoms with Crippen LogP contribution in [-0.2, 0) is 14.3 Å². The van der Waals surface area contributed by atoms with Gasteiger partial charge in [-0.3, -0.25) is 9.59 Å². The Hall–Kier alpha value is -1.66. The summed E-state index contributed by atoms with van der Waals surface area (Å²) < 4.78 is 5.50. The van der Waals surface area contributed by atoms with Gasteiger partial charge in [-0.2, -0.15) is 0 Å².